The molecule has 1 aromatic rings. The summed E-state index contributed by atoms with van der Waals surface area (Å²) in [7, 11) is 0. The fourth-order valence-corrected chi connectivity index (χ4v) is 3.12. The minimum Gasteiger partial charge on any atom is -0.481 e. The van der Waals surface area contributed by atoms with E-state index in [4.69, 9.17) is 10.2 Å². The van der Waals surface area contributed by atoms with Crippen molar-refractivity contribution in [2.45, 2.75) is 0 Å². The van der Waals surface area contributed by atoms with Crippen LogP contribution in [0.4, 0.5) is 0 Å². The number of hydrogen-bond donors (Lipinski definition) is 2. The maximum absolute atomic E-state index is 10.8. The Morgan fingerprint density at radius 2 is 1.79 bits per heavy atom. The number of rotatable bonds is 8. The lowest BCUT2D eigenvalue weighted by atomic mass is 10.2. The van der Waals surface area contributed by atoms with Gasteiger partial charge in [-0.1, -0.05) is 30.3 Å². The van der Waals surface area contributed by atoms with Crippen LogP contribution in [-0.2, 0) is 9.59 Å². The Morgan fingerprint density at radius 1 is 1.11 bits per heavy atom. The lowest BCUT2D eigenvalue weighted by Crippen LogP contribution is -1.99. The molecule has 0 aliphatic rings. The van der Waals surface area contributed by atoms with Gasteiger partial charge in [0, 0.05) is 22.5 Å². The molecule has 2 N–H and O–H groups in total. The molecule has 0 aliphatic heterocycles. The third-order valence-electron chi connectivity index (χ3n) is 2.02. The molecule has 1 aromatic carbocycles. The second-order valence-corrected chi connectivity index (χ2v) is 5.75. The highest BCUT2D eigenvalue weighted by molar-refractivity contribution is 8.09. The molecular weight excluding hydrogens is 284 g/mol. The van der Waals surface area contributed by atoms with E-state index in [0.717, 1.165) is 5.56 Å². The first-order valence-corrected chi connectivity index (χ1v) is 7.66. The predicted molar refractivity (Wildman–Crippen MR) is 79.5 cm³/mol. The molecule has 0 unspecified atom stereocenters. The van der Waals surface area contributed by atoms with Crippen LogP contribution in [0.5, 0.6) is 0 Å². The van der Waals surface area contributed by atoms with E-state index in [1.54, 1.807) is 0 Å². The number of hydrogen-bond acceptors (Lipinski definition) is 4. The van der Waals surface area contributed by atoms with Gasteiger partial charge in [-0.2, -0.15) is 0 Å². The number of carboxylic acids is 2. The Balaban J connectivity index is 2.53. The Kier molecular flexibility index (Phi) is 7.14. The summed E-state index contributed by atoms with van der Waals surface area (Å²) in [6.07, 6.45) is 1.18. The van der Waals surface area contributed by atoms with Crippen molar-refractivity contribution in [3.05, 3.63) is 42.0 Å². The van der Waals surface area contributed by atoms with E-state index in [1.807, 2.05) is 30.3 Å². The van der Waals surface area contributed by atoms with E-state index in [-0.39, 0.29) is 5.75 Å². The summed E-state index contributed by atoms with van der Waals surface area (Å²) in [5.74, 6) is -0.403. The topological polar surface area (TPSA) is 74.6 Å². The molecule has 0 radical (unpaired) electrons. The predicted octanol–water partition coefficient (Wildman–Crippen LogP) is 2.66. The van der Waals surface area contributed by atoms with E-state index in [9.17, 15) is 9.59 Å². The van der Waals surface area contributed by atoms with Crippen LogP contribution < -0.4 is 0 Å². The molecular formula is C13H14O4S2. The lowest BCUT2D eigenvalue weighted by molar-refractivity contribution is -0.134. The average Bonchev–Trinajstić information content (AvgIpc) is 2.37. The molecule has 0 amide bonds. The van der Waals surface area contributed by atoms with Gasteiger partial charge in [-0.05, 0) is 5.56 Å². The number of aliphatic carboxylic acids is 2. The summed E-state index contributed by atoms with van der Waals surface area (Å²) >= 11 is 2.74. The van der Waals surface area contributed by atoms with Gasteiger partial charge < -0.3 is 10.2 Å². The minimum absolute atomic E-state index is 0.0733. The van der Waals surface area contributed by atoms with Gasteiger partial charge in [0.15, 0.2) is 0 Å². The zero-order chi connectivity index (χ0) is 14.1. The van der Waals surface area contributed by atoms with E-state index in [0.29, 0.717) is 16.4 Å². The first kappa shape index (κ1) is 15.7. The van der Waals surface area contributed by atoms with Crippen LogP contribution in [0.2, 0.25) is 0 Å². The zero-order valence-electron chi connectivity index (χ0n) is 10.1. The highest BCUT2D eigenvalue weighted by atomic mass is 32.2. The Morgan fingerprint density at radius 3 is 2.37 bits per heavy atom. The molecule has 0 saturated heterocycles. The number of carboxylic acid groups (broad SMARTS) is 2. The minimum atomic E-state index is -0.982. The van der Waals surface area contributed by atoms with Gasteiger partial charge in [0.05, 0.1) is 5.75 Å². The first-order chi connectivity index (χ1) is 9.09. The van der Waals surface area contributed by atoms with Crippen LogP contribution in [0.25, 0.3) is 4.91 Å². The van der Waals surface area contributed by atoms with Crippen LogP contribution in [0, 0.1) is 0 Å². The third kappa shape index (κ3) is 6.93. The smallest absolute Gasteiger partial charge is 0.329 e. The van der Waals surface area contributed by atoms with Gasteiger partial charge in [-0.15, -0.1) is 23.5 Å². The Bertz CT molecular complexity index is 457. The van der Waals surface area contributed by atoms with Crippen LogP contribution in [0.1, 0.15) is 5.56 Å². The molecule has 102 valence electrons. The second-order valence-electron chi connectivity index (χ2n) is 3.51. The van der Waals surface area contributed by atoms with Crippen LogP contribution in [0.3, 0.4) is 0 Å². The molecule has 0 aromatic heterocycles. The molecule has 0 aliphatic carbocycles. The monoisotopic (exact) mass is 298 g/mol. The molecule has 19 heavy (non-hydrogen) atoms. The average molecular weight is 298 g/mol. The molecule has 0 spiro atoms. The van der Waals surface area contributed by atoms with Crippen LogP contribution >= 0.6 is 23.5 Å². The summed E-state index contributed by atoms with van der Waals surface area (Å²) < 4.78 is 0. The Labute approximate surface area is 119 Å². The lowest BCUT2D eigenvalue weighted by Gasteiger charge is -2.06. The highest BCUT2D eigenvalue weighted by Gasteiger charge is 2.05. The van der Waals surface area contributed by atoms with Gasteiger partial charge >= 0.3 is 11.9 Å². The number of benzene rings is 1. The zero-order valence-corrected chi connectivity index (χ0v) is 11.7. The van der Waals surface area contributed by atoms with Crippen molar-refractivity contribution >= 4 is 40.4 Å². The van der Waals surface area contributed by atoms with Gasteiger partial charge in [0.1, 0.15) is 0 Å². The summed E-state index contributed by atoms with van der Waals surface area (Å²) in [4.78, 5) is 21.8. The molecule has 4 nitrogen and oxygen atoms in total. The van der Waals surface area contributed by atoms with E-state index in [1.165, 1.54) is 29.6 Å². The molecule has 1 rings (SSSR count). The molecule has 0 saturated carbocycles. The quantitative estimate of drug-likeness (QED) is 0.568. The van der Waals surface area contributed by atoms with Gasteiger partial charge in [0.2, 0.25) is 0 Å². The van der Waals surface area contributed by atoms with Crippen molar-refractivity contribution < 1.29 is 19.8 Å². The van der Waals surface area contributed by atoms with Crippen molar-refractivity contribution in [2.75, 3.05) is 17.3 Å². The molecule has 6 heteroatoms. The summed E-state index contributed by atoms with van der Waals surface area (Å²) in [5, 5.41) is 17.4. The fraction of sp³-hybridized carbons (Fsp3) is 0.231. The molecule has 0 fully saturated rings. The molecule has 0 bridgehead atoms. The van der Waals surface area contributed by atoms with Crippen molar-refractivity contribution in [3.8, 4) is 0 Å². The van der Waals surface area contributed by atoms with E-state index >= 15 is 0 Å². The van der Waals surface area contributed by atoms with Gasteiger partial charge in [0.25, 0.3) is 0 Å². The summed E-state index contributed by atoms with van der Waals surface area (Å²) in [6.45, 7) is 0. The summed E-state index contributed by atoms with van der Waals surface area (Å²) in [5.41, 5.74) is 0.859. The SMILES string of the molecule is O=C(O)/C=C(\SCCSCC(=O)O)c1ccccc1. The molecule has 0 atom stereocenters. The normalized spacial score (nSPS) is 11.3. The fourth-order valence-electron chi connectivity index (χ4n) is 1.29. The van der Waals surface area contributed by atoms with Crippen LogP contribution in [-0.4, -0.2) is 39.4 Å². The summed E-state index contributed by atoms with van der Waals surface area (Å²) in [6, 6.07) is 9.28. The van der Waals surface area contributed by atoms with Crippen molar-refractivity contribution in [1.82, 2.24) is 0 Å². The maximum Gasteiger partial charge on any atom is 0.329 e. The van der Waals surface area contributed by atoms with Crippen LogP contribution in [0.15, 0.2) is 36.4 Å². The van der Waals surface area contributed by atoms with Gasteiger partial charge in [-0.25, -0.2) is 4.79 Å². The van der Waals surface area contributed by atoms with E-state index < -0.39 is 11.9 Å². The van der Waals surface area contributed by atoms with Crippen molar-refractivity contribution in [3.63, 3.8) is 0 Å². The number of thioether (sulfide) groups is 2. The third-order valence-corrected chi connectivity index (χ3v) is 4.30. The number of carbonyl (C=O) groups is 2. The largest absolute Gasteiger partial charge is 0.481 e. The maximum atomic E-state index is 10.8. The highest BCUT2D eigenvalue weighted by Crippen LogP contribution is 2.27. The second kappa shape index (κ2) is 8.66. The van der Waals surface area contributed by atoms with E-state index in [2.05, 4.69) is 0 Å². The molecule has 0 heterocycles. The first-order valence-electron chi connectivity index (χ1n) is 5.52. The standard InChI is InChI=1S/C13H14O4S2/c14-12(15)8-11(10-4-2-1-3-5-10)19-7-6-18-9-13(16)17/h1-5,8H,6-7,9H2,(H,14,15)(H,16,17)/b11-8-. The Hall–Kier alpha value is -1.40. The van der Waals surface area contributed by atoms with Crippen molar-refractivity contribution in [2.24, 2.45) is 0 Å². The van der Waals surface area contributed by atoms with Gasteiger partial charge in [-0.3, -0.25) is 4.79 Å². The van der Waals surface area contributed by atoms with Crippen molar-refractivity contribution in [1.29, 1.82) is 0 Å².